The lowest BCUT2D eigenvalue weighted by Crippen LogP contribution is -2.44. The van der Waals surface area contributed by atoms with Crippen molar-refractivity contribution in [2.75, 3.05) is 0 Å². The first kappa shape index (κ1) is 14.8. The number of aliphatic carboxylic acids is 1. The molecule has 1 heterocycles. The first-order valence-corrected chi connectivity index (χ1v) is 6.56. The highest BCUT2D eigenvalue weighted by molar-refractivity contribution is 5.96. The summed E-state index contributed by atoms with van der Waals surface area (Å²) in [5.41, 5.74) is 0.295. The van der Waals surface area contributed by atoms with Crippen molar-refractivity contribution >= 4 is 22.8 Å². The molecule has 1 unspecified atom stereocenters. The van der Waals surface area contributed by atoms with Crippen LogP contribution in [0.1, 0.15) is 24.3 Å². The molecule has 2 aromatic rings. The molecule has 0 saturated carbocycles. The van der Waals surface area contributed by atoms with Crippen LogP contribution in [0, 0.1) is 5.92 Å². The number of benzene rings is 1. The van der Waals surface area contributed by atoms with Gasteiger partial charge in [-0.1, -0.05) is 26.0 Å². The van der Waals surface area contributed by atoms with Gasteiger partial charge in [-0.05, 0) is 18.1 Å². The summed E-state index contributed by atoms with van der Waals surface area (Å²) in [7, 11) is 0. The average molecular weight is 288 g/mol. The minimum absolute atomic E-state index is 0.0469. The molecule has 6 heteroatoms. The topological polar surface area (TPSA) is 99.3 Å². The fourth-order valence-electron chi connectivity index (χ4n) is 2.05. The van der Waals surface area contributed by atoms with Gasteiger partial charge in [-0.3, -0.25) is 9.59 Å². The molecule has 3 N–H and O–H groups in total. The van der Waals surface area contributed by atoms with Gasteiger partial charge < -0.3 is 15.4 Å². The molecule has 110 valence electrons. The van der Waals surface area contributed by atoms with Crippen molar-refractivity contribution in [2.24, 2.45) is 5.92 Å². The first-order chi connectivity index (χ1) is 9.90. The third kappa shape index (κ3) is 3.10. The third-order valence-electron chi connectivity index (χ3n) is 3.20. The van der Waals surface area contributed by atoms with E-state index in [2.05, 4.69) is 10.3 Å². The second-order valence-electron chi connectivity index (χ2n) is 5.13. The molecule has 0 fully saturated rings. The monoisotopic (exact) mass is 288 g/mol. The van der Waals surface area contributed by atoms with E-state index in [9.17, 15) is 14.4 Å². The predicted octanol–water partition coefficient (Wildman–Crippen LogP) is 1.37. The van der Waals surface area contributed by atoms with Gasteiger partial charge in [-0.25, -0.2) is 4.79 Å². The third-order valence-corrected chi connectivity index (χ3v) is 3.20. The number of carboxylic acid groups (broad SMARTS) is 1. The standard InChI is InChI=1S/C15H16N2O4/c1-8(2)13(15(20)21)17-14(19)11-7-12(18)9-5-3-4-6-10(9)16-11/h3-8,13H,1-2H3,(H,16,18)(H,17,19)(H,20,21). The highest BCUT2D eigenvalue weighted by atomic mass is 16.4. The lowest BCUT2D eigenvalue weighted by molar-refractivity contribution is -0.140. The number of aromatic nitrogens is 1. The summed E-state index contributed by atoms with van der Waals surface area (Å²) in [5.74, 6) is -1.99. The van der Waals surface area contributed by atoms with Crippen LogP contribution in [0.3, 0.4) is 0 Å². The smallest absolute Gasteiger partial charge is 0.326 e. The number of H-pyrrole nitrogens is 1. The SMILES string of the molecule is CC(C)C(NC(=O)c1cc(=O)c2ccccc2[nH]1)C(=O)O. The summed E-state index contributed by atoms with van der Waals surface area (Å²) in [4.78, 5) is 38.0. The molecule has 21 heavy (non-hydrogen) atoms. The fraction of sp³-hybridized carbons (Fsp3) is 0.267. The Labute approximate surface area is 120 Å². The van der Waals surface area contributed by atoms with E-state index < -0.39 is 17.9 Å². The second-order valence-corrected chi connectivity index (χ2v) is 5.13. The number of hydrogen-bond donors (Lipinski definition) is 3. The maximum absolute atomic E-state index is 12.1. The van der Waals surface area contributed by atoms with Crippen molar-refractivity contribution in [3.05, 3.63) is 46.2 Å². The van der Waals surface area contributed by atoms with Gasteiger partial charge in [-0.2, -0.15) is 0 Å². The van der Waals surface area contributed by atoms with E-state index in [0.29, 0.717) is 10.9 Å². The van der Waals surface area contributed by atoms with Crippen molar-refractivity contribution < 1.29 is 14.7 Å². The van der Waals surface area contributed by atoms with Crippen LogP contribution in [0.5, 0.6) is 0 Å². The van der Waals surface area contributed by atoms with Crippen LogP contribution < -0.4 is 10.7 Å². The van der Waals surface area contributed by atoms with Gasteiger partial charge in [0, 0.05) is 17.0 Å². The Morgan fingerprint density at radius 1 is 1.24 bits per heavy atom. The molecular formula is C15H16N2O4. The number of rotatable bonds is 4. The highest BCUT2D eigenvalue weighted by Crippen LogP contribution is 2.08. The summed E-state index contributed by atoms with van der Waals surface area (Å²) >= 11 is 0. The lowest BCUT2D eigenvalue weighted by Gasteiger charge is -2.17. The van der Waals surface area contributed by atoms with Gasteiger partial charge >= 0.3 is 5.97 Å². The van der Waals surface area contributed by atoms with Crippen LogP contribution in [0.15, 0.2) is 35.1 Å². The van der Waals surface area contributed by atoms with E-state index in [1.807, 2.05) is 0 Å². The molecule has 1 aromatic carbocycles. The van der Waals surface area contributed by atoms with E-state index >= 15 is 0 Å². The normalized spacial score (nSPS) is 12.3. The minimum Gasteiger partial charge on any atom is -0.480 e. The maximum atomic E-state index is 12.1. The molecule has 0 bridgehead atoms. The Bertz CT molecular complexity index is 749. The molecule has 0 aliphatic carbocycles. The zero-order valence-corrected chi connectivity index (χ0v) is 11.7. The molecular weight excluding hydrogens is 272 g/mol. The number of carboxylic acids is 1. The van der Waals surface area contributed by atoms with Crippen molar-refractivity contribution in [3.63, 3.8) is 0 Å². The number of amides is 1. The molecule has 1 amide bonds. The molecule has 1 aromatic heterocycles. The number of hydrogen-bond acceptors (Lipinski definition) is 3. The second kappa shape index (κ2) is 5.78. The predicted molar refractivity (Wildman–Crippen MR) is 78.3 cm³/mol. The summed E-state index contributed by atoms with van der Waals surface area (Å²) in [6.45, 7) is 3.39. The summed E-state index contributed by atoms with van der Waals surface area (Å²) in [6.07, 6.45) is 0. The number of aromatic amines is 1. The Hall–Kier alpha value is -2.63. The average Bonchev–Trinajstić information content (AvgIpc) is 2.43. The van der Waals surface area contributed by atoms with Gasteiger partial charge in [0.1, 0.15) is 11.7 Å². The van der Waals surface area contributed by atoms with E-state index in [-0.39, 0.29) is 17.0 Å². The number of carbonyl (C=O) groups is 2. The van der Waals surface area contributed by atoms with Gasteiger partial charge in [0.2, 0.25) is 0 Å². The number of para-hydroxylation sites is 1. The highest BCUT2D eigenvalue weighted by Gasteiger charge is 2.24. The zero-order valence-electron chi connectivity index (χ0n) is 11.7. The molecule has 2 rings (SSSR count). The van der Waals surface area contributed by atoms with Gasteiger partial charge in [0.15, 0.2) is 5.43 Å². The largest absolute Gasteiger partial charge is 0.480 e. The van der Waals surface area contributed by atoms with Gasteiger partial charge in [0.25, 0.3) is 5.91 Å². The molecule has 0 spiro atoms. The van der Waals surface area contributed by atoms with Gasteiger partial charge in [0.05, 0.1) is 0 Å². The summed E-state index contributed by atoms with van der Waals surface area (Å²) in [5, 5.41) is 12.0. The number of carbonyl (C=O) groups excluding carboxylic acids is 1. The van der Waals surface area contributed by atoms with Crippen LogP contribution in [0.4, 0.5) is 0 Å². The number of nitrogens with one attached hydrogen (secondary N) is 2. The van der Waals surface area contributed by atoms with Crippen LogP contribution in [0.2, 0.25) is 0 Å². The van der Waals surface area contributed by atoms with E-state index in [4.69, 9.17) is 5.11 Å². The maximum Gasteiger partial charge on any atom is 0.326 e. The van der Waals surface area contributed by atoms with E-state index in [1.54, 1.807) is 38.1 Å². The first-order valence-electron chi connectivity index (χ1n) is 6.56. The van der Waals surface area contributed by atoms with Crippen molar-refractivity contribution in [2.45, 2.75) is 19.9 Å². The Morgan fingerprint density at radius 3 is 2.52 bits per heavy atom. The van der Waals surface area contributed by atoms with Crippen LogP contribution in [-0.4, -0.2) is 28.0 Å². The fourth-order valence-corrected chi connectivity index (χ4v) is 2.05. The lowest BCUT2D eigenvalue weighted by atomic mass is 10.0. The van der Waals surface area contributed by atoms with Crippen LogP contribution in [0.25, 0.3) is 10.9 Å². The quantitative estimate of drug-likeness (QED) is 0.791. The Morgan fingerprint density at radius 2 is 1.90 bits per heavy atom. The van der Waals surface area contributed by atoms with Crippen molar-refractivity contribution in [1.29, 1.82) is 0 Å². The summed E-state index contributed by atoms with van der Waals surface area (Å²) in [6, 6.07) is 6.99. The van der Waals surface area contributed by atoms with Crippen LogP contribution >= 0.6 is 0 Å². The van der Waals surface area contributed by atoms with Crippen molar-refractivity contribution in [3.8, 4) is 0 Å². The van der Waals surface area contributed by atoms with E-state index in [1.165, 1.54) is 6.07 Å². The summed E-state index contributed by atoms with van der Waals surface area (Å²) < 4.78 is 0. The van der Waals surface area contributed by atoms with Crippen molar-refractivity contribution in [1.82, 2.24) is 10.3 Å². The number of pyridine rings is 1. The Balaban J connectivity index is 2.36. The molecule has 0 radical (unpaired) electrons. The zero-order chi connectivity index (χ0) is 15.6. The van der Waals surface area contributed by atoms with E-state index in [0.717, 1.165) is 0 Å². The molecule has 6 nitrogen and oxygen atoms in total. The molecule has 0 aliphatic rings. The molecule has 0 saturated heterocycles. The molecule has 0 aliphatic heterocycles. The van der Waals surface area contributed by atoms with Gasteiger partial charge in [-0.15, -0.1) is 0 Å². The number of fused-ring (bicyclic) bond motifs is 1. The van der Waals surface area contributed by atoms with Crippen LogP contribution in [-0.2, 0) is 4.79 Å². The minimum atomic E-state index is -1.11. The molecule has 1 atom stereocenters. The Kier molecular flexibility index (Phi) is 4.07.